The van der Waals surface area contributed by atoms with E-state index in [1.54, 1.807) is 6.07 Å². The van der Waals surface area contributed by atoms with Gasteiger partial charge in [0.2, 0.25) is 0 Å². The number of nitrogens with zero attached hydrogens (tertiary/aromatic N) is 1. The Morgan fingerprint density at radius 3 is 2.76 bits per heavy atom. The third-order valence-electron chi connectivity index (χ3n) is 3.43. The molecule has 1 aliphatic carbocycles. The van der Waals surface area contributed by atoms with Crippen LogP contribution < -0.4 is 5.32 Å². The molecule has 0 aliphatic heterocycles. The van der Waals surface area contributed by atoms with E-state index in [0.29, 0.717) is 4.75 Å². The smallest absolute Gasteiger partial charge is 0.141 e. The minimum atomic E-state index is -0.272. The molecule has 0 amide bonds. The third kappa shape index (κ3) is 3.19. The van der Waals surface area contributed by atoms with Crippen LogP contribution in [0.4, 0.5) is 4.39 Å². The highest BCUT2D eigenvalue weighted by Gasteiger charge is 2.41. The van der Waals surface area contributed by atoms with Crippen molar-refractivity contribution in [2.45, 2.75) is 37.0 Å². The molecule has 2 rings (SSSR count). The Kier molecular flexibility index (Phi) is 4.05. The summed E-state index contributed by atoms with van der Waals surface area (Å²) in [7, 11) is 0. The SMILES string of the molecule is CCC(NCC1(SC)CC1)c1ccc(F)cn1. The van der Waals surface area contributed by atoms with Crippen LogP contribution in [-0.2, 0) is 0 Å². The molecule has 17 heavy (non-hydrogen) atoms. The van der Waals surface area contributed by atoms with Gasteiger partial charge >= 0.3 is 0 Å². The Hall–Kier alpha value is -0.610. The molecule has 0 spiro atoms. The van der Waals surface area contributed by atoms with Crippen molar-refractivity contribution in [1.29, 1.82) is 0 Å². The Labute approximate surface area is 106 Å². The molecule has 1 unspecified atom stereocenters. The van der Waals surface area contributed by atoms with Crippen LogP contribution in [0.5, 0.6) is 0 Å². The fraction of sp³-hybridized carbons (Fsp3) is 0.615. The van der Waals surface area contributed by atoms with Gasteiger partial charge in [-0.05, 0) is 37.7 Å². The maximum absolute atomic E-state index is 12.8. The first-order valence-electron chi connectivity index (χ1n) is 6.09. The van der Waals surface area contributed by atoms with Gasteiger partial charge in [-0.1, -0.05) is 6.92 Å². The first-order valence-corrected chi connectivity index (χ1v) is 7.31. The average Bonchev–Trinajstić information content (AvgIpc) is 3.13. The predicted molar refractivity (Wildman–Crippen MR) is 70.7 cm³/mol. The molecule has 4 heteroatoms. The van der Waals surface area contributed by atoms with E-state index in [1.807, 2.05) is 11.8 Å². The lowest BCUT2D eigenvalue weighted by Crippen LogP contribution is -2.30. The van der Waals surface area contributed by atoms with Crippen molar-refractivity contribution in [2.75, 3.05) is 12.8 Å². The topological polar surface area (TPSA) is 24.9 Å². The highest BCUT2D eigenvalue weighted by molar-refractivity contribution is 8.00. The van der Waals surface area contributed by atoms with E-state index in [1.165, 1.54) is 25.1 Å². The van der Waals surface area contributed by atoms with Crippen molar-refractivity contribution in [3.8, 4) is 0 Å². The first kappa shape index (κ1) is 12.8. The van der Waals surface area contributed by atoms with Gasteiger partial charge in [-0.25, -0.2) is 4.39 Å². The summed E-state index contributed by atoms with van der Waals surface area (Å²) < 4.78 is 13.3. The number of hydrogen-bond donors (Lipinski definition) is 1. The average molecular weight is 254 g/mol. The predicted octanol–water partition coefficient (Wildman–Crippen LogP) is 3.16. The second kappa shape index (κ2) is 5.36. The highest BCUT2D eigenvalue weighted by Crippen LogP contribution is 2.46. The summed E-state index contributed by atoms with van der Waals surface area (Å²) in [5.74, 6) is -0.272. The van der Waals surface area contributed by atoms with E-state index in [9.17, 15) is 4.39 Å². The summed E-state index contributed by atoms with van der Waals surface area (Å²) in [6.45, 7) is 3.15. The Balaban J connectivity index is 1.94. The second-order valence-corrected chi connectivity index (χ2v) is 5.90. The number of aromatic nitrogens is 1. The monoisotopic (exact) mass is 254 g/mol. The molecule has 1 heterocycles. The number of rotatable bonds is 6. The van der Waals surface area contributed by atoms with Crippen LogP contribution >= 0.6 is 11.8 Å². The van der Waals surface area contributed by atoms with Gasteiger partial charge in [0, 0.05) is 17.3 Å². The molecule has 1 saturated carbocycles. The van der Waals surface area contributed by atoms with Crippen LogP contribution in [0.3, 0.4) is 0 Å². The van der Waals surface area contributed by atoms with Crippen LogP contribution in [-0.4, -0.2) is 22.5 Å². The second-order valence-electron chi connectivity index (χ2n) is 4.63. The lowest BCUT2D eigenvalue weighted by Gasteiger charge is -2.20. The fourth-order valence-electron chi connectivity index (χ4n) is 1.95. The molecule has 1 fully saturated rings. The Bertz CT molecular complexity index is 362. The maximum Gasteiger partial charge on any atom is 0.141 e. The zero-order chi connectivity index (χ0) is 12.3. The van der Waals surface area contributed by atoms with Crippen molar-refractivity contribution in [3.63, 3.8) is 0 Å². The van der Waals surface area contributed by atoms with Crippen molar-refractivity contribution < 1.29 is 4.39 Å². The number of hydrogen-bond acceptors (Lipinski definition) is 3. The van der Waals surface area contributed by atoms with Gasteiger partial charge < -0.3 is 5.32 Å². The van der Waals surface area contributed by atoms with Crippen molar-refractivity contribution in [2.24, 2.45) is 0 Å². The summed E-state index contributed by atoms with van der Waals surface area (Å²) in [5.41, 5.74) is 0.936. The highest BCUT2D eigenvalue weighted by atomic mass is 32.2. The Morgan fingerprint density at radius 1 is 1.53 bits per heavy atom. The number of thioether (sulfide) groups is 1. The molecular weight excluding hydrogens is 235 g/mol. The van der Waals surface area contributed by atoms with Gasteiger partial charge in [-0.3, -0.25) is 4.98 Å². The zero-order valence-electron chi connectivity index (χ0n) is 10.4. The summed E-state index contributed by atoms with van der Waals surface area (Å²) in [4.78, 5) is 4.15. The number of halogens is 1. The van der Waals surface area contributed by atoms with Crippen molar-refractivity contribution >= 4 is 11.8 Å². The minimum absolute atomic E-state index is 0.236. The zero-order valence-corrected chi connectivity index (χ0v) is 11.2. The van der Waals surface area contributed by atoms with Gasteiger partial charge in [0.05, 0.1) is 11.9 Å². The molecular formula is C13H19FN2S. The minimum Gasteiger partial charge on any atom is -0.307 e. The maximum atomic E-state index is 12.8. The van der Waals surface area contributed by atoms with Crippen LogP contribution in [0.1, 0.15) is 37.9 Å². The molecule has 0 saturated heterocycles. The van der Waals surface area contributed by atoms with Gasteiger partial charge in [0.25, 0.3) is 0 Å². The van der Waals surface area contributed by atoms with E-state index in [4.69, 9.17) is 0 Å². The molecule has 1 aliphatic rings. The molecule has 94 valence electrons. The lowest BCUT2D eigenvalue weighted by molar-refractivity contribution is 0.499. The van der Waals surface area contributed by atoms with Crippen LogP contribution in [0.15, 0.2) is 18.3 Å². The first-order chi connectivity index (χ1) is 8.19. The molecule has 1 N–H and O–H groups in total. The standard InChI is InChI=1S/C13H19FN2S/c1-3-11(12-5-4-10(14)8-15-12)16-9-13(17-2)6-7-13/h4-5,8,11,16H,3,6-7,9H2,1-2H3. The Morgan fingerprint density at radius 2 is 2.29 bits per heavy atom. The fourth-order valence-corrected chi connectivity index (χ4v) is 2.69. The summed E-state index contributed by atoms with van der Waals surface area (Å²) >= 11 is 1.95. The molecule has 0 bridgehead atoms. The van der Waals surface area contributed by atoms with E-state index in [-0.39, 0.29) is 11.9 Å². The van der Waals surface area contributed by atoms with Crippen LogP contribution in [0, 0.1) is 5.82 Å². The lowest BCUT2D eigenvalue weighted by atomic mass is 10.1. The van der Waals surface area contributed by atoms with Crippen LogP contribution in [0.25, 0.3) is 0 Å². The largest absolute Gasteiger partial charge is 0.307 e. The summed E-state index contributed by atoms with van der Waals surface area (Å²) in [6, 6.07) is 3.49. The summed E-state index contributed by atoms with van der Waals surface area (Å²) in [5, 5.41) is 3.55. The van der Waals surface area contributed by atoms with E-state index in [2.05, 4.69) is 23.5 Å². The molecule has 1 atom stereocenters. The van der Waals surface area contributed by atoms with Gasteiger partial charge in [-0.15, -0.1) is 0 Å². The third-order valence-corrected chi connectivity index (χ3v) is 4.85. The van der Waals surface area contributed by atoms with Crippen LogP contribution in [0.2, 0.25) is 0 Å². The van der Waals surface area contributed by atoms with E-state index in [0.717, 1.165) is 18.7 Å². The van der Waals surface area contributed by atoms with Crippen molar-refractivity contribution in [3.05, 3.63) is 29.8 Å². The van der Waals surface area contributed by atoms with Crippen molar-refractivity contribution in [1.82, 2.24) is 10.3 Å². The molecule has 2 nitrogen and oxygen atoms in total. The molecule has 0 radical (unpaired) electrons. The van der Waals surface area contributed by atoms with Gasteiger partial charge in [-0.2, -0.15) is 11.8 Å². The quantitative estimate of drug-likeness (QED) is 0.844. The van der Waals surface area contributed by atoms with Gasteiger partial charge in [0.15, 0.2) is 0 Å². The number of nitrogens with one attached hydrogen (secondary N) is 1. The van der Waals surface area contributed by atoms with E-state index < -0.39 is 0 Å². The molecule has 0 aromatic carbocycles. The van der Waals surface area contributed by atoms with Gasteiger partial charge in [0.1, 0.15) is 5.82 Å². The number of pyridine rings is 1. The molecule has 1 aromatic heterocycles. The van der Waals surface area contributed by atoms with E-state index >= 15 is 0 Å². The molecule has 1 aromatic rings. The summed E-state index contributed by atoms with van der Waals surface area (Å²) in [6.07, 6.45) is 7.04. The normalized spacial score (nSPS) is 19.0.